The number of fused-ring (bicyclic) bond motifs is 1. The second-order valence-electron chi connectivity index (χ2n) is 5.09. The summed E-state index contributed by atoms with van der Waals surface area (Å²) >= 11 is 1.59. The van der Waals surface area contributed by atoms with Crippen LogP contribution in [0, 0.1) is 17.5 Å². The largest absolute Gasteiger partial charge is 0.265 e. The van der Waals surface area contributed by atoms with Crippen LogP contribution in [0.2, 0.25) is 0 Å². The number of hydrogen-bond acceptors (Lipinski definition) is 2. The van der Waals surface area contributed by atoms with Gasteiger partial charge in [0.05, 0.1) is 0 Å². The van der Waals surface area contributed by atoms with E-state index in [1.807, 2.05) is 90.3 Å². The van der Waals surface area contributed by atoms with Gasteiger partial charge in [-0.05, 0) is 46.5 Å². The summed E-state index contributed by atoms with van der Waals surface area (Å²) in [5.74, 6) is 0. The molecule has 2 heterocycles. The van der Waals surface area contributed by atoms with E-state index in [1.165, 1.54) is 10.8 Å². The van der Waals surface area contributed by atoms with Crippen molar-refractivity contribution in [2.24, 2.45) is 0 Å². The van der Waals surface area contributed by atoms with Crippen LogP contribution in [0.25, 0.3) is 10.8 Å². The average Bonchev–Trinajstić information content (AvgIpc) is 3.38. The quantitative estimate of drug-likeness (QED) is 0.295. The van der Waals surface area contributed by atoms with Gasteiger partial charge in [0.25, 0.3) is 0 Å². The molecule has 0 bridgehead atoms. The van der Waals surface area contributed by atoms with Crippen molar-refractivity contribution < 1.29 is 0 Å². The van der Waals surface area contributed by atoms with Gasteiger partial charge in [0.2, 0.25) is 0 Å². The molecule has 0 saturated carbocycles. The van der Waals surface area contributed by atoms with Gasteiger partial charge in [-0.1, -0.05) is 84.9 Å². The van der Waals surface area contributed by atoms with Crippen LogP contribution in [-0.4, -0.2) is 4.98 Å². The summed E-state index contributed by atoms with van der Waals surface area (Å²) in [5, 5.41) is 7.33. The zero-order valence-electron chi connectivity index (χ0n) is 14.9. The van der Waals surface area contributed by atoms with Crippen LogP contribution in [-0.2, 0) is 0 Å². The van der Waals surface area contributed by atoms with Crippen LogP contribution in [0.4, 0.5) is 0 Å². The van der Waals surface area contributed by atoms with E-state index in [1.54, 1.807) is 23.7 Å². The lowest BCUT2D eigenvalue weighted by molar-refractivity contribution is 1.33. The topological polar surface area (TPSA) is 12.9 Å². The normalized spacial score (nSPS) is 8.74. The van der Waals surface area contributed by atoms with Gasteiger partial charge in [-0.25, -0.2) is 0 Å². The van der Waals surface area contributed by atoms with E-state index in [9.17, 15) is 0 Å². The monoisotopic (exact) mass is 366 g/mol. The molecule has 2 heteroatoms. The van der Waals surface area contributed by atoms with Gasteiger partial charge < -0.3 is 0 Å². The van der Waals surface area contributed by atoms with Crippen LogP contribution in [0.15, 0.2) is 121 Å². The second kappa shape index (κ2) is 14.0. The van der Waals surface area contributed by atoms with E-state index in [4.69, 9.17) is 0 Å². The Hall–Kier alpha value is -3.23. The first-order chi connectivity index (χ1) is 13.5. The molecule has 2 aromatic heterocycles. The highest BCUT2D eigenvalue weighted by molar-refractivity contribution is 7.07. The molecule has 1 nitrogen and oxygen atoms in total. The Kier molecular flexibility index (Phi) is 10.4. The van der Waals surface area contributed by atoms with Crippen LogP contribution in [0.5, 0.6) is 0 Å². The molecule has 27 heavy (non-hydrogen) atoms. The summed E-state index contributed by atoms with van der Waals surface area (Å²) in [6.45, 7) is 0. The van der Waals surface area contributed by atoms with E-state index in [0.29, 0.717) is 0 Å². The molecule has 0 atom stereocenters. The molecule has 0 spiro atoms. The summed E-state index contributed by atoms with van der Waals surface area (Å²) in [4.78, 5) is 3.78. The predicted octanol–water partition coefficient (Wildman–Crippen LogP) is 6.76. The zero-order chi connectivity index (χ0) is 18.8. The molecule has 0 aliphatic heterocycles. The lowest BCUT2D eigenvalue weighted by Crippen LogP contribution is -1.67. The third-order valence-electron chi connectivity index (χ3n) is 3.12. The lowest BCUT2D eigenvalue weighted by atomic mass is 10.1. The minimum atomic E-state index is 1.19. The fraction of sp³-hybridized carbons (Fsp3) is 0. The number of hydrogen-bond donors (Lipinski definition) is 0. The standard InChI is InChI=1S/C10H7.C6H5.C5H5N.C4H3S/c1-2-6-10-8-4-3-7-9(10)5-1;2*1-2-4-6-5-3-1;1-2-4-5-3-1/h1-7H;2*1-5H;1-3H. The molecule has 0 N–H and O–H groups in total. The summed E-state index contributed by atoms with van der Waals surface area (Å²) in [5.41, 5.74) is 0. The SMILES string of the molecule is [c]1cccc2ccccc12.[c]1ccccc1.[c]1cccs1.c1ccncc1. The van der Waals surface area contributed by atoms with Crippen molar-refractivity contribution in [1.29, 1.82) is 0 Å². The highest BCUT2D eigenvalue weighted by atomic mass is 32.1. The minimum absolute atomic E-state index is 1.19. The molecule has 3 radical (unpaired) electrons. The summed E-state index contributed by atoms with van der Waals surface area (Å²) in [6.07, 6.45) is 3.50. The Morgan fingerprint density at radius 2 is 1.37 bits per heavy atom. The Morgan fingerprint density at radius 3 is 1.81 bits per heavy atom. The van der Waals surface area contributed by atoms with Crippen molar-refractivity contribution in [3.63, 3.8) is 0 Å². The lowest BCUT2D eigenvalue weighted by Gasteiger charge is -1.91. The molecule has 0 fully saturated rings. The van der Waals surface area contributed by atoms with Crippen molar-refractivity contribution in [3.8, 4) is 0 Å². The molecular weight excluding hydrogens is 346 g/mol. The fourth-order valence-electron chi connectivity index (χ4n) is 1.91. The number of aromatic nitrogens is 1. The van der Waals surface area contributed by atoms with E-state index >= 15 is 0 Å². The van der Waals surface area contributed by atoms with Gasteiger partial charge in [-0.15, -0.1) is 11.3 Å². The molecule has 3 aromatic carbocycles. The molecule has 131 valence electrons. The van der Waals surface area contributed by atoms with Crippen LogP contribution in [0.3, 0.4) is 0 Å². The van der Waals surface area contributed by atoms with E-state index in [-0.39, 0.29) is 0 Å². The van der Waals surface area contributed by atoms with E-state index < -0.39 is 0 Å². The molecule has 0 aliphatic rings. The van der Waals surface area contributed by atoms with Gasteiger partial charge >= 0.3 is 0 Å². The van der Waals surface area contributed by atoms with Crippen molar-refractivity contribution in [3.05, 3.63) is 138 Å². The first-order valence-corrected chi connectivity index (χ1v) is 9.36. The number of thiophene rings is 1. The molecule has 5 aromatic rings. The van der Waals surface area contributed by atoms with Crippen LogP contribution >= 0.6 is 11.3 Å². The smallest absolute Gasteiger partial charge is 0.0442 e. The summed E-state index contributed by atoms with van der Waals surface area (Å²) < 4.78 is 0. The highest BCUT2D eigenvalue weighted by Crippen LogP contribution is 2.10. The first-order valence-electron chi connectivity index (χ1n) is 8.48. The second-order valence-corrected chi connectivity index (χ2v) is 5.83. The molecule has 0 unspecified atom stereocenters. The third kappa shape index (κ3) is 9.73. The molecular formula is C25H20NS. The Bertz CT molecular complexity index is 752. The van der Waals surface area contributed by atoms with E-state index in [0.717, 1.165) is 0 Å². The highest BCUT2D eigenvalue weighted by Gasteiger charge is 1.85. The maximum atomic E-state index is 3.78. The molecule has 0 aliphatic carbocycles. The maximum Gasteiger partial charge on any atom is 0.0442 e. The van der Waals surface area contributed by atoms with Gasteiger partial charge in [-0.3, -0.25) is 4.98 Å². The number of pyridine rings is 1. The van der Waals surface area contributed by atoms with Gasteiger partial charge in [0, 0.05) is 17.8 Å². The Morgan fingerprint density at radius 1 is 0.630 bits per heavy atom. The van der Waals surface area contributed by atoms with E-state index in [2.05, 4.69) is 40.7 Å². The fourth-order valence-corrected chi connectivity index (χ4v) is 2.31. The average molecular weight is 367 g/mol. The van der Waals surface area contributed by atoms with Gasteiger partial charge in [0.15, 0.2) is 0 Å². The first kappa shape index (κ1) is 20.1. The van der Waals surface area contributed by atoms with Gasteiger partial charge in [0.1, 0.15) is 0 Å². The molecule has 5 rings (SSSR count). The molecule has 0 amide bonds. The Labute approximate surface area is 165 Å². The number of benzene rings is 3. The van der Waals surface area contributed by atoms with Crippen molar-refractivity contribution in [2.75, 3.05) is 0 Å². The summed E-state index contributed by atoms with van der Waals surface area (Å²) in [6, 6.07) is 39.5. The van der Waals surface area contributed by atoms with Crippen molar-refractivity contribution in [2.45, 2.75) is 0 Å². The maximum absolute atomic E-state index is 3.78. The minimum Gasteiger partial charge on any atom is -0.265 e. The molecule has 0 saturated heterocycles. The number of rotatable bonds is 0. The number of nitrogens with zero attached hydrogens (tertiary/aromatic N) is 1. The van der Waals surface area contributed by atoms with Gasteiger partial charge in [-0.2, -0.15) is 0 Å². The third-order valence-corrected chi connectivity index (χ3v) is 3.69. The predicted molar refractivity (Wildman–Crippen MR) is 115 cm³/mol. The summed E-state index contributed by atoms with van der Waals surface area (Å²) in [7, 11) is 0. The van der Waals surface area contributed by atoms with Crippen LogP contribution < -0.4 is 0 Å². The van der Waals surface area contributed by atoms with Crippen molar-refractivity contribution in [1.82, 2.24) is 4.98 Å². The zero-order valence-corrected chi connectivity index (χ0v) is 15.7. The Balaban J connectivity index is 0.000000135. The van der Waals surface area contributed by atoms with Crippen molar-refractivity contribution >= 4 is 22.1 Å². The van der Waals surface area contributed by atoms with Crippen LogP contribution in [0.1, 0.15) is 0 Å².